The van der Waals surface area contributed by atoms with Gasteiger partial charge in [0.25, 0.3) is 5.60 Å². The minimum atomic E-state index is -1.69. The Kier molecular flexibility index (Phi) is 3.29. The van der Waals surface area contributed by atoms with Gasteiger partial charge in [0.1, 0.15) is 0 Å². The summed E-state index contributed by atoms with van der Waals surface area (Å²) in [6, 6.07) is 4.92. The van der Waals surface area contributed by atoms with Gasteiger partial charge in [0.15, 0.2) is 11.5 Å². The number of methoxy groups -OCH3 is 2. The van der Waals surface area contributed by atoms with Crippen molar-refractivity contribution in [1.29, 1.82) is 0 Å². The highest BCUT2D eigenvalue weighted by molar-refractivity contribution is 6.19. The Morgan fingerprint density at radius 2 is 2.21 bits per heavy atom. The summed E-state index contributed by atoms with van der Waals surface area (Å²) in [5.74, 6) is -0.508. The van der Waals surface area contributed by atoms with E-state index < -0.39 is 17.4 Å². The number of esters is 1. The number of hydrogen-bond acceptors (Lipinski definition) is 5. The molecule has 1 aromatic rings. The van der Waals surface area contributed by atoms with Gasteiger partial charge in [-0.25, -0.2) is 4.79 Å². The number of para-hydroxylation sites is 1. The molecule has 1 atom stereocenters. The van der Waals surface area contributed by atoms with Crippen molar-refractivity contribution in [3.05, 3.63) is 36.4 Å². The molecule has 0 fully saturated rings. The summed E-state index contributed by atoms with van der Waals surface area (Å²) >= 11 is 0. The zero-order valence-electron chi connectivity index (χ0n) is 10.8. The van der Waals surface area contributed by atoms with Gasteiger partial charge in [-0.05, 0) is 12.1 Å². The van der Waals surface area contributed by atoms with E-state index in [1.165, 1.54) is 20.3 Å². The third-order valence-electron chi connectivity index (χ3n) is 3.03. The summed E-state index contributed by atoms with van der Waals surface area (Å²) in [4.78, 5) is 24.4. The van der Waals surface area contributed by atoms with Gasteiger partial charge in [0.2, 0.25) is 5.78 Å². The average Bonchev–Trinajstić information content (AvgIpc) is 2.72. The lowest BCUT2D eigenvalue weighted by Crippen LogP contribution is -2.48. The van der Waals surface area contributed by atoms with E-state index in [1.807, 2.05) is 0 Å². The largest absolute Gasteiger partial charge is 0.493 e. The average molecular weight is 262 g/mol. The van der Waals surface area contributed by atoms with Gasteiger partial charge in [-0.2, -0.15) is 0 Å². The summed E-state index contributed by atoms with van der Waals surface area (Å²) in [6.45, 7) is 3.55. The quantitative estimate of drug-likeness (QED) is 0.470. The van der Waals surface area contributed by atoms with Crippen LogP contribution >= 0.6 is 0 Å². The monoisotopic (exact) mass is 262 g/mol. The fraction of sp³-hybridized carbons (Fsp3) is 0.286. The summed E-state index contributed by atoms with van der Waals surface area (Å²) < 4.78 is 15.4. The van der Waals surface area contributed by atoms with E-state index in [0.717, 1.165) is 0 Å². The lowest BCUT2D eigenvalue weighted by atomic mass is 9.92. The number of ketones is 1. The van der Waals surface area contributed by atoms with Crippen LogP contribution in [-0.4, -0.2) is 31.6 Å². The number of Topliss-reactive ketones (excluding diaryl/α,β-unsaturated/α-hetero) is 1. The maximum Gasteiger partial charge on any atom is 0.358 e. The highest BCUT2D eigenvalue weighted by Gasteiger charge is 2.55. The van der Waals surface area contributed by atoms with Crippen LogP contribution in [0.4, 0.5) is 0 Å². The van der Waals surface area contributed by atoms with Crippen LogP contribution in [0.5, 0.6) is 11.5 Å². The van der Waals surface area contributed by atoms with E-state index in [9.17, 15) is 9.59 Å². The van der Waals surface area contributed by atoms with Crippen LogP contribution in [-0.2, 0) is 9.53 Å². The molecule has 0 aromatic heterocycles. The number of hydrogen-bond donors (Lipinski definition) is 0. The molecule has 0 aliphatic carbocycles. The minimum Gasteiger partial charge on any atom is -0.493 e. The molecule has 1 aliphatic heterocycles. The molecule has 0 radical (unpaired) electrons. The van der Waals surface area contributed by atoms with Gasteiger partial charge in [-0.3, -0.25) is 4.79 Å². The molecule has 0 saturated carbocycles. The predicted molar refractivity (Wildman–Crippen MR) is 67.5 cm³/mol. The Balaban J connectivity index is 2.56. The van der Waals surface area contributed by atoms with Crippen molar-refractivity contribution in [1.82, 2.24) is 0 Å². The molecule has 1 heterocycles. The van der Waals surface area contributed by atoms with Gasteiger partial charge >= 0.3 is 5.97 Å². The normalized spacial score (nSPS) is 20.4. The number of fused-ring (bicyclic) bond motifs is 1. The molecular formula is C14H14O5. The van der Waals surface area contributed by atoms with Crippen LogP contribution in [0.15, 0.2) is 30.9 Å². The topological polar surface area (TPSA) is 61.8 Å². The molecule has 0 saturated heterocycles. The molecule has 1 aliphatic rings. The number of rotatable bonds is 4. The minimum absolute atomic E-state index is 0.0380. The van der Waals surface area contributed by atoms with E-state index in [2.05, 4.69) is 6.58 Å². The second-order valence-electron chi connectivity index (χ2n) is 4.08. The van der Waals surface area contributed by atoms with Gasteiger partial charge < -0.3 is 14.2 Å². The first-order valence-electron chi connectivity index (χ1n) is 5.71. The number of benzene rings is 1. The molecule has 5 nitrogen and oxygen atoms in total. The first kappa shape index (κ1) is 13.1. The molecule has 100 valence electrons. The highest BCUT2D eigenvalue weighted by atomic mass is 16.6. The fourth-order valence-corrected chi connectivity index (χ4v) is 2.12. The van der Waals surface area contributed by atoms with Crippen LogP contribution in [0.3, 0.4) is 0 Å². The van der Waals surface area contributed by atoms with E-state index >= 15 is 0 Å². The van der Waals surface area contributed by atoms with Crippen molar-refractivity contribution < 1.29 is 23.8 Å². The second-order valence-corrected chi connectivity index (χ2v) is 4.08. The van der Waals surface area contributed by atoms with E-state index in [-0.39, 0.29) is 12.2 Å². The summed E-state index contributed by atoms with van der Waals surface area (Å²) in [6.07, 6.45) is 1.49. The van der Waals surface area contributed by atoms with Crippen molar-refractivity contribution in [2.24, 2.45) is 0 Å². The van der Waals surface area contributed by atoms with Crippen molar-refractivity contribution in [3.63, 3.8) is 0 Å². The van der Waals surface area contributed by atoms with Gasteiger partial charge in [0, 0.05) is 6.42 Å². The third-order valence-corrected chi connectivity index (χ3v) is 3.03. The SMILES string of the molecule is C=CCC1(C(=O)OC)Oc2c(OC)cccc2C1=O. The molecule has 5 heteroatoms. The van der Waals surface area contributed by atoms with Crippen LogP contribution in [0.25, 0.3) is 0 Å². The summed E-state index contributed by atoms with van der Waals surface area (Å²) in [5, 5.41) is 0. The molecule has 19 heavy (non-hydrogen) atoms. The van der Waals surface area contributed by atoms with Crippen molar-refractivity contribution >= 4 is 11.8 Å². The zero-order chi connectivity index (χ0) is 14.0. The molecular weight excluding hydrogens is 248 g/mol. The van der Waals surface area contributed by atoms with Crippen molar-refractivity contribution in [3.8, 4) is 11.5 Å². The number of carbonyl (C=O) groups excluding carboxylic acids is 2. The maximum absolute atomic E-state index is 12.4. The van der Waals surface area contributed by atoms with Crippen LogP contribution in [0.1, 0.15) is 16.8 Å². The number of carbonyl (C=O) groups is 2. The molecule has 0 N–H and O–H groups in total. The standard InChI is InChI=1S/C14H14O5/c1-4-8-14(13(16)18-3)12(15)9-6-5-7-10(17-2)11(9)19-14/h4-7H,1,8H2,2-3H3. The number of ether oxygens (including phenoxy) is 3. The Bertz CT molecular complexity index is 549. The molecule has 0 bridgehead atoms. The van der Waals surface area contributed by atoms with Gasteiger partial charge in [-0.15, -0.1) is 6.58 Å². The third kappa shape index (κ3) is 1.78. The van der Waals surface area contributed by atoms with Crippen molar-refractivity contribution in [2.75, 3.05) is 14.2 Å². The van der Waals surface area contributed by atoms with Crippen LogP contribution in [0.2, 0.25) is 0 Å². The highest BCUT2D eigenvalue weighted by Crippen LogP contribution is 2.43. The van der Waals surface area contributed by atoms with E-state index in [1.54, 1.807) is 18.2 Å². The van der Waals surface area contributed by atoms with Gasteiger partial charge in [-0.1, -0.05) is 12.1 Å². The Labute approximate surface area is 110 Å². The predicted octanol–water partition coefficient (Wildman–Crippen LogP) is 1.76. The van der Waals surface area contributed by atoms with Crippen LogP contribution < -0.4 is 9.47 Å². The Hall–Kier alpha value is -2.30. The Morgan fingerprint density at radius 3 is 2.79 bits per heavy atom. The smallest absolute Gasteiger partial charge is 0.358 e. The first-order valence-corrected chi connectivity index (χ1v) is 5.71. The van der Waals surface area contributed by atoms with Crippen LogP contribution in [0, 0.1) is 0 Å². The molecule has 1 aromatic carbocycles. The zero-order valence-corrected chi connectivity index (χ0v) is 10.8. The van der Waals surface area contributed by atoms with Crippen molar-refractivity contribution in [2.45, 2.75) is 12.0 Å². The van der Waals surface area contributed by atoms with E-state index in [4.69, 9.17) is 14.2 Å². The van der Waals surface area contributed by atoms with Gasteiger partial charge in [0.05, 0.1) is 19.8 Å². The lowest BCUT2D eigenvalue weighted by Gasteiger charge is -2.22. The fourth-order valence-electron chi connectivity index (χ4n) is 2.12. The Morgan fingerprint density at radius 1 is 1.47 bits per heavy atom. The lowest BCUT2D eigenvalue weighted by molar-refractivity contribution is -0.153. The van der Waals surface area contributed by atoms with E-state index in [0.29, 0.717) is 11.3 Å². The molecule has 0 spiro atoms. The first-order chi connectivity index (χ1) is 9.10. The second kappa shape index (κ2) is 4.76. The molecule has 0 amide bonds. The summed E-state index contributed by atoms with van der Waals surface area (Å²) in [7, 11) is 2.68. The molecule has 2 rings (SSSR count). The molecule has 1 unspecified atom stereocenters. The maximum atomic E-state index is 12.4. The summed E-state index contributed by atoms with van der Waals surface area (Å²) in [5.41, 5.74) is -1.38.